The quantitative estimate of drug-likeness (QED) is 0.844. The molecule has 122 valence electrons. The fourth-order valence-corrected chi connectivity index (χ4v) is 4.60. The smallest absolute Gasteiger partial charge is 0.247 e. The van der Waals surface area contributed by atoms with Crippen LogP contribution in [-0.4, -0.2) is 33.5 Å². The van der Waals surface area contributed by atoms with Crippen LogP contribution in [0.2, 0.25) is 0 Å². The number of sulfonamides is 1. The van der Waals surface area contributed by atoms with Gasteiger partial charge in [-0.1, -0.05) is 30.3 Å². The van der Waals surface area contributed by atoms with Crippen LogP contribution in [0.5, 0.6) is 11.5 Å². The van der Waals surface area contributed by atoms with Crippen molar-refractivity contribution in [2.24, 2.45) is 0 Å². The van der Waals surface area contributed by atoms with E-state index in [9.17, 15) is 8.42 Å². The van der Waals surface area contributed by atoms with Crippen LogP contribution in [0.3, 0.4) is 0 Å². The van der Waals surface area contributed by atoms with Crippen molar-refractivity contribution in [3.05, 3.63) is 54.1 Å². The number of hydrogen-bond donors (Lipinski definition) is 0. The first kappa shape index (κ1) is 15.8. The molecule has 3 rings (SSSR count). The van der Waals surface area contributed by atoms with Crippen LogP contribution in [-0.2, 0) is 10.0 Å². The van der Waals surface area contributed by atoms with Crippen molar-refractivity contribution in [3.63, 3.8) is 0 Å². The van der Waals surface area contributed by atoms with E-state index in [2.05, 4.69) is 0 Å². The molecule has 0 radical (unpaired) electrons. The molecular formula is C17H19NO4S. The van der Waals surface area contributed by atoms with Crippen molar-refractivity contribution < 1.29 is 17.9 Å². The maximum absolute atomic E-state index is 13.0. The topological polar surface area (TPSA) is 55.8 Å². The third kappa shape index (κ3) is 2.80. The van der Waals surface area contributed by atoms with Crippen LogP contribution in [0.1, 0.15) is 18.0 Å². The van der Waals surface area contributed by atoms with E-state index in [1.54, 1.807) is 12.1 Å². The molecular weight excluding hydrogens is 314 g/mol. The fourth-order valence-electron chi connectivity index (χ4n) is 2.77. The number of rotatable bonds is 5. The third-order valence-electron chi connectivity index (χ3n) is 4.11. The van der Waals surface area contributed by atoms with E-state index in [4.69, 9.17) is 9.47 Å². The predicted molar refractivity (Wildman–Crippen MR) is 87.2 cm³/mol. The molecule has 1 aliphatic heterocycles. The zero-order valence-corrected chi connectivity index (χ0v) is 13.9. The number of nitrogens with zero attached hydrogens (tertiary/aromatic N) is 1. The molecule has 1 fully saturated rings. The molecule has 1 atom stereocenters. The molecule has 2 aromatic rings. The molecule has 1 saturated heterocycles. The highest BCUT2D eigenvalue weighted by molar-refractivity contribution is 7.89. The highest BCUT2D eigenvalue weighted by Gasteiger charge is 2.40. The number of benzene rings is 2. The van der Waals surface area contributed by atoms with Gasteiger partial charge in [0.15, 0.2) is 0 Å². The second kappa shape index (κ2) is 6.22. The van der Waals surface area contributed by atoms with Crippen LogP contribution in [0.25, 0.3) is 0 Å². The average molecular weight is 333 g/mol. The molecule has 6 heteroatoms. The lowest BCUT2D eigenvalue weighted by Gasteiger charge is -2.40. The highest BCUT2D eigenvalue weighted by atomic mass is 32.2. The van der Waals surface area contributed by atoms with Crippen molar-refractivity contribution in [3.8, 4) is 11.5 Å². The van der Waals surface area contributed by atoms with Crippen LogP contribution in [0, 0.1) is 0 Å². The van der Waals surface area contributed by atoms with Gasteiger partial charge in [0, 0.05) is 12.6 Å². The molecule has 0 amide bonds. The lowest BCUT2D eigenvalue weighted by molar-refractivity contribution is 0.201. The Morgan fingerprint density at radius 3 is 2.35 bits per heavy atom. The molecule has 0 aromatic heterocycles. The summed E-state index contributed by atoms with van der Waals surface area (Å²) >= 11 is 0. The Bertz CT molecular complexity index is 789. The molecule has 0 saturated carbocycles. The molecule has 1 aliphatic rings. The lowest BCUT2D eigenvalue weighted by atomic mass is 9.98. The minimum Gasteiger partial charge on any atom is -0.497 e. The summed E-state index contributed by atoms with van der Waals surface area (Å²) in [7, 11) is -0.674. The van der Waals surface area contributed by atoms with Gasteiger partial charge in [0.25, 0.3) is 0 Å². The van der Waals surface area contributed by atoms with Gasteiger partial charge < -0.3 is 9.47 Å². The van der Waals surface area contributed by atoms with Gasteiger partial charge in [-0.25, -0.2) is 8.42 Å². The standard InChI is InChI=1S/C17H19NO4S/c1-21-14-8-9-16(22-2)17(12-14)23(19,20)18-11-10-15(18)13-6-4-3-5-7-13/h3-9,12,15H,10-11H2,1-2H3. The lowest BCUT2D eigenvalue weighted by Crippen LogP contribution is -2.45. The van der Waals surface area contributed by atoms with Crippen LogP contribution < -0.4 is 9.47 Å². The first-order chi connectivity index (χ1) is 11.1. The SMILES string of the molecule is COc1ccc(OC)c(S(=O)(=O)N2CCC2c2ccccc2)c1. The third-order valence-corrected chi connectivity index (χ3v) is 6.04. The summed E-state index contributed by atoms with van der Waals surface area (Å²) in [5, 5.41) is 0. The van der Waals surface area contributed by atoms with Gasteiger partial charge in [-0.15, -0.1) is 0 Å². The van der Waals surface area contributed by atoms with Crippen molar-refractivity contribution in [1.82, 2.24) is 4.31 Å². The summed E-state index contributed by atoms with van der Waals surface area (Å²) in [5.74, 6) is 0.811. The summed E-state index contributed by atoms with van der Waals surface area (Å²) in [4.78, 5) is 0.139. The monoisotopic (exact) mass is 333 g/mol. The van der Waals surface area contributed by atoms with E-state index < -0.39 is 10.0 Å². The van der Waals surface area contributed by atoms with Crippen LogP contribution in [0.4, 0.5) is 0 Å². The van der Waals surface area contributed by atoms with Crippen molar-refractivity contribution in [2.45, 2.75) is 17.4 Å². The second-order valence-corrected chi connectivity index (χ2v) is 7.21. The Morgan fingerprint density at radius 1 is 1.04 bits per heavy atom. The minimum absolute atomic E-state index is 0.128. The van der Waals surface area contributed by atoms with Gasteiger partial charge >= 0.3 is 0 Å². The number of methoxy groups -OCH3 is 2. The first-order valence-corrected chi connectivity index (χ1v) is 8.80. The fraction of sp³-hybridized carbons (Fsp3) is 0.294. The number of hydrogen-bond acceptors (Lipinski definition) is 4. The molecule has 1 unspecified atom stereocenters. The maximum Gasteiger partial charge on any atom is 0.247 e. The molecule has 0 spiro atoms. The Hall–Kier alpha value is -2.05. The molecule has 2 aromatic carbocycles. The van der Waals surface area contributed by atoms with E-state index in [1.807, 2.05) is 30.3 Å². The van der Waals surface area contributed by atoms with Crippen LogP contribution >= 0.6 is 0 Å². The molecule has 1 heterocycles. The Morgan fingerprint density at radius 2 is 1.78 bits per heavy atom. The summed E-state index contributed by atoms with van der Waals surface area (Å²) in [6, 6.07) is 14.4. The zero-order chi connectivity index (χ0) is 16.4. The molecule has 0 bridgehead atoms. The van der Waals surface area contributed by atoms with E-state index in [0.29, 0.717) is 18.0 Å². The van der Waals surface area contributed by atoms with E-state index in [1.165, 1.54) is 24.6 Å². The Labute approximate surface area is 136 Å². The van der Waals surface area contributed by atoms with E-state index in [-0.39, 0.29) is 10.9 Å². The normalized spacial score (nSPS) is 18.3. The first-order valence-electron chi connectivity index (χ1n) is 7.36. The summed E-state index contributed by atoms with van der Waals surface area (Å²) in [5.41, 5.74) is 1.00. The van der Waals surface area contributed by atoms with Crippen molar-refractivity contribution >= 4 is 10.0 Å². The van der Waals surface area contributed by atoms with Gasteiger partial charge in [-0.2, -0.15) is 4.31 Å². The Balaban J connectivity index is 1.99. The summed E-state index contributed by atoms with van der Waals surface area (Å²) in [6.45, 7) is 0.502. The van der Waals surface area contributed by atoms with Gasteiger partial charge in [0.05, 0.1) is 20.3 Å². The average Bonchev–Trinajstić information content (AvgIpc) is 2.53. The van der Waals surface area contributed by atoms with Crippen molar-refractivity contribution in [1.29, 1.82) is 0 Å². The Kier molecular flexibility index (Phi) is 4.28. The zero-order valence-electron chi connectivity index (χ0n) is 13.1. The summed E-state index contributed by atoms with van der Waals surface area (Å²) < 4.78 is 38.0. The number of ether oxygens (including phenoxy) is 2. The van der Waals surface area contributed by atoms with E-state index in [0.717, 1.165) is 12.0 Å². The molecule has 0 aliphatic carbocycles. The molecule has 0 N–H and O–H groups in total. The van der Waals surface area contributed by atoms with Crippen LogP contribution in [0.15, 0.2) is 53.4 Å². The van der Waals surface area contributed by atoms with Gasteiger partial charge in [-0.3, -0.25) is 0 Å². The molecule has 5 nitrogen and oxygen atoms in total. The van der Waals surface area contributed by atoms with E-state index >= 15 is 0 Å². The minimum atomic E-state index is -3.65. The van der Waals surface area contributed by atoms with Crippen molar-refractivity contribution in [2.75, 3.05) is 20.8 Å². The maximum atomic E-state index is 13.0. The highest BCUT2D eigenvalue weighted by Crippen LogP contribution is 2.40. The van der Waals surface area contributed by atoms with Gasteiger partial charge in [0.2, 0.25) is 10.0 Å². The predicted octanol–water partition coefficient (Wildman–Crippen LogP) is 2.84. The molecule has 23 heavy (non-hydrogen) atoms. The van der Waals surface area contributed by atoms with Gasteiger partial charge in [0.1, 0.15) is 16.4 Å². The summed E-state index contributed by atoms with van der Waals surface area (Å²) in [6.07, 6.45) is 0.815. The van der Waals surface area contributed by atoms with Gasteiger partial charge in [-0.05, 0) is 24.1 Å². The second-order valence-electron chi connectivity index (χ2n) is 5.35. The largest absolute Gasteiger partial charge is 0.497 e.